The smallest absolute Gasteiger partial charge is 0.241 e. The molecule has 0 bridgehead atoms. The van der Waals surface area contributed by atoms with Gasteiger partial charge in [0.1, 0.15) is 0 Å². The Morgan fingerprint density at radius 2 is 2.33 bits per heavy atom. The molecule has 1 heterocycles. The van der Waals surface area contributed by atoms with E-state index in [4.69, 9.17) is 0 Å². The minimum absolute atomic E-state index is 0.00155. The lowest BCUT2D eigenvalue weighted by Crippen LogP contribution is -2.52. The van der Waals surface area contributed by atoms with Crippen LogP contribution in [0.3, 0.4) is 0 Å². The van der Waals surface area contributed by atoms with Gasteiger partial charge in [0, 0.05) is 26.7 Å². The number of amides is 2. The molecule has 0 atom stereocenters. The normalized spacial score (nSPS) is 16.7. The molecule has 15 heavy (non-hydrogen) atoms. The monoisotopic (exact) mass is 211 g/mol. The highest BCUT2D eigenvalue weighted by Gasteiger charge is 2.23. The van der Waals surface area contributed by atoms with E-state index >= 15 is 0 Å². The van der Waals surface area contributed by atoms with Crippen LogP contribution in [0.5, 0.6) is 0 Å². The van der Waals surface area contributed by atoms with E-state index in [0.29, 0.717) is 19.6 Å². The van der Waals surface area contributed by atoms with E-state index in [2.05, 4.69) is 11.9 Å². The standard InChI is InChI=1S/C10H17N3O2/c1-3-4-11-7-9(14)13-6-5-12(2)10(15)8-13/h3,11H,1,4-8H2,2H3. The Morgan fingerprint density at radius 1 is 1.60 bits per heavy atom. The molecule has 0 unspecified atom stereocenters. The third kappa shape index (κ3) is 3.36. The topological polar surface area (TPSA) is 52.7 Å². The van der Waals surface area contributed by atoms with Crippen molar-refractivity contribution in [2.75, 3.05) is 39.8 Å². The average Bonchev–Trinajstić information content (AvgIpc) is 2.22. The summed E-state index contributed by atoms with van der Waals surface area (Å²) in [6.45, 7) is 5.85. The largest absolute Gasteiger partial charge is 0.342 e. The van der Waals surface area contributed by atoms with Crippen LogP contribution in [0, 0.1) is 0 Å². The summed E-state index contributed by atoms with van der Waals surface area (Å²) in [5, 5.41) is 2.92. The van der Waals surface area contributed by atoms with Crippen LogP contribution in [0.15, 0.2) is 12.7 Å². The lowest BCUT2D eigenvalue weighted by atomic mass is 10.3. The van der Waals surface area contributed by atoms with E-state index in [1.807, 2.05) is 0 Å². The molecule has 0 aromatic carbocycles. The SMILES string of the molecule is C=CCNCC(=O)N1CCN(C)C(=O)C1. The second-order valence-corrected chi connectivity index (χ2v) is 3.55. The van der Waals surface area contributed by atoms with Crippen LogP contribution in [0.4, 0.5) is 0 Å². The van der Waals surface area contributed by atoms with Crippen molar-refractivity contribution >= 4 is 11.8 Å². The maximum absolute atomic E-state index is 11.6. The molecule has 0 radical (unpaired) electrons. The second kappa shape index (κ2) is 5.50. The van der Waals surface area contributed by atoms with E-state index < -0.39 is 0 Å². The molecule has 1 aliphatic heterocycles. The third-order valence-electron chi connectivity index (χ3n) is 2.37. The Kier molecular flexibility index (Phi) is 4.30. The number of likely N-dealkylation sites (N-methyl/N-ethyl adjacent to an activating group) is 1. The van der Waals surface area contributed by atoms with Gasteiger partial charge < -0.3 is 15.1 Å². The van der Waals surface area contributed by atoms with Crippen molar-refractivity contribution in [1.29, 1.82) is 0 Å². The lowest BCUT2D eigenvalue weighted by Gasteiger charge is -2.32. The van der Waals surface area contributed by atoms with Crippen LogP contribution in [-0.4, -0.2) is 61.4 Å². The van der Waals surface area contributed by atoms with E-state index in [-0.39, 0.29) is 24.9 Å². The molecule has 5 nitrogen and oxygen atoms in total. The summed E-state index contributed by atoms with van der Waals surface area (Å²) >= 11 is 0. The molecule has 0 saturated carbocycles. The van der Waals surface area contributed by atoms with Crippen molar-refractivity contribution in [3.05, 3.63) is 12.7 Å². The zero-order valence-electron chi connectivity index (χ0n) is 9.03. The van der Waals surface area contributed by atoms with Crippen molar-refractivity contribution in [2.45, 2.75) is 0 Å². The highest BCUT2D eigenvalue weighted by molar-refractivity contribution is 5.86. The average molecular weight is 211 g/mol. The summed E-state index contributed by atoms with van der Waals surface area (Å²) in [7, 11) is 1.75. The van der Waals surface area contributed by atoms with Gasteiger partial charge in [-0.3, -0.25) is 9.59 Å². The Hall–Kier alpha value is -1.36. The van der Waals surface area contributed by atoms with Gasteiger partial charge in [0.2, 0.25) is 11.8 Å². The molecular formula is C10H17N3O2. The summed E-state index contributed by atoms with van der Waals surface area (Å²) in [4.78, 5) is 26.1. The third-order valence-corrected chi connectivity index (χ3v) is 2.37. The Balaban J connectivity index is 2.34. The summed E-state index contributed by atoms with van der Waals surface area (Å²) in [5.41, 5.74) is 0. The Labute approximate surface area is 89.7 Å². The Bertz CT molecular complexity index is 265. The number of carbonyl (C=O) groups is 2. The molecule has 1 N–H and O–H groups in total. The van der Waals surface area contributed by atoms with Gasteiger partial charge in [0.15, 0.2) is 0 Å². The summed E-state index contributed by atoms with van der Waals surface area (Å²) < 4.78 is 0. The molecule has 0 aliphatic carbocycles. The van der Waals surface area contributed by atoms with Crippen molar-refractivity contribution in [3.63, 3.8) is 0 Å². The predicted molar refractivity (Wildman–Crippen MR) is 57.3 cm³/mol. The fraction of sp³-hybridized carbons (Fsp3) is 0.600. The number of nitrogens with one attached hydrogen (secondary N) is 1. The summed E-state index contributed by atoms with van der Waals surface area (Å²) in [6, 6.07) is 0. The molecule has 1 aliphatic rings. The zero-order valence-corrected chi connectivity index (χ0v) is 9.03. The van der Waals surface area contributed by atoms with Gasteiger partial charge in [0.05, 0.1) is 13.1 Å². The molecule has 1 saturated heterocycles. The van der Waals surface area contributed by atoms with Crippen molar-refractivity contribution in [2.24, 2.45) is 0 Å². The number of rotatable bonds is 4. The second-order valence-electron chi connectivity index (χ2n) is 3.55. The van der Waals surface area contributed by atoms with Crippen LogP contribution in [0.25, 0.3) is 0 Å². The number of nitrogens with zero attached hydrogens (tertiary/aromatic N) is 2. The number of hydrogen-bond acceptors (Lipinski definition) is 3. The van der Waals surface area contributed by atoms with Crippen LogP contribution >= 0.6 is 0 Å². The molecule has 1 fully saturated rings. The first kappa shape index (κ1) is 11.7. The van der Waals surface area contributed by atoms with Crippen LogP contribution in [-0.2, 0) is 9.59 Å². The fourth-order valence-corrected chi connectivity index (χ4v) is 1.36. The van der Waals surface area contributed by atoms with Gasteiger partial charge in [-0.15, -0.1) is 6.58 Å². The van der Waals surface area contributed by atoms with E-state index in [1.54, 1.807) is 22.9 Å². The molecule has 5 heteroatoms. The van der Waals surface area contributed by atoms with Gasteiger partial charge in [-0.05, 0) is 0 Å². The molecule has 0 aromatic rings. The predicted octanol–water partition coefficient (Wildman–Crippen LogP) is -0.937. The highest BCUT2D eigenvalue weighted by atomic mass is 16.2. The summed E-state index contributed by atoms with van der Waals surface area (Å²) in [6.07, 6.45) is 1.70. The first-order valence-corrected chi connectivity index (χ1v) is 4.98. The summed E-state index contributed by atoms with van der Waals surface area (Å²) in [5.74, 6) is -0.0309. The maximum Gasteiger partial charge on any atom is 0.241 e. The minimum Gasteiger partial charge on any atom is -0.342 e. The number of hydrogen-bond donors (Lipinski definition) is 1. The quantitative estimate of drug-likeness (QED) is 0.482. The highest BCUT2D eigenvalue weighted by Crippen LogP contribution is 2.00. The van der Waals surface area contributed by atoms with Gasteiger partial charge in [0.25, 0.3) is 0 Å². The first-order chi connectivity index (χ1) is 7.15. The van der Waals surface area contributed by atoms with Gasteiger partial charge in [-0.1, -0.05) is 6.08 Å². The van der Waals surface area contributed by atoms with Gasteiger partial charge >= 0.3 is 0 Å². The number of carbonyl (C=O) groups excluding carboxylic acids is 2. The molecular weight excluding hydrogens is 194 g/mol. The van der Waals surface area contributed by atoms with E-state index in [1.165, 1.54) is 0 Å². The molecule has 2 amide bonds. The van der Waals surface area contributed by atoms with Crippen molar-refractivity contribution < 1.29 is 9.59 Å². The molecule has 84 valence electrons. The van der Waals surface area contributed by atoms with Gasteiger partial charge in [-0.25, -0.2) is 0 Å². The number of piperazine rings is 1. The molecule has 0 aromatic heterocycles. The van der Waals surface area contributed by atoms with Crippen LogP contribution < -0.4 is 5.32 Å². The minimum atomic E-state index is -0.0294. The van der Waals surface area contributed by atoms with E-state index in [9.17, 15) is 9.59 Å². The molecule has 0 spiro atoms. The first-order valence-electron chi connectivity index (χ1n) is 4.98. The Morgan fingerprint density at radius 3 is 2.93 bits per heavy atom. The van der Waals surface area contributed by atoms with Crippen LogP contribution in [0.1, 0.15) is 0 Å². The van der Waals surface area contributed by atoms with Crippen molar-refractivity contribution in [3.8, 4) is 0 Å². The van der Waals surface area contributed by atoms with Crippen molar-refractivity contribution in [1.82, 2.24) is 15.1 Å². The van der Waals surface area contributed by atoms with Crippen LogP contribution in [0.2, 0.25) is 0 Å². The zero-order chi connectivity index (χ0) is 11.3. The maximum atomic E-state index is 11.6. The van der Waals surface area contributed by atoms with Gasteiger partial charge in [-0.2, -0.15) is 0 Å². The fourth-order valence-electron chi connectivity index (χ4n) is 1.36. The lowest BCUT2D eigenvalue weighted by molar-refractivity contribution is -0.143. The van der Waals surface area contributed by atoms with E-state index in [0.717, 1.165) is 0 Å². The molecule has 1 rings (SSSR count).